The molecule has 0 saturated heterocycles. The molecule has 0 aliphatic heterocycles. The SMILES string of the molecule is CON(C)S(=O)(=O)c1ccc(C(=O)Nc2cnc(-c3cccc(O)c3)nc2)cc1. The number of rotatable bonds is 6. The predicted octanol–water partition coefficient (Wildman–Crippen LogP) is 2.28. The van der Waals surface area contributed by atoms with Crippen molar-refractivity contribution in [3.05, 3.63) is 66.5 Å². The van der Waals surface area contributed by atoms with Gasteiger partial charge in [0.25, 0.3) is 15.9 Å². The highest BCUT2D eigenvalue weighted by Gasteiger charge is 2.21. The maximum absolute atomic E-state index is 12.4. The van der Waals surface area contributed by atoms with Crippen LogP contribution in [-0.4, -0.2) is 48.0 Å². The third-order valence-electron chi connectivity index (χ3n) is 4.02. The number of sulfonamides is 1. The minimum atomic E-state index is -3.78. The monoisotopic (exact) mass is 414 g/mol. The molecule has 1 heterocycles. The molecule has 3 rings (SSSR count). The molecule has 3 aromatic rings. The third kappa shape index (κ3) is 4.57. The maximum atomic E-state index is 12.4. The number of carbonyl (C=O) groups excluding carboxylic acids is 1. The van der Waals surface area contributed by atoms with Gasteiger partial charge in [0, 0.05) is 18.2 Å². The van der Waals surface area contributed by atoms with Crippen LogP contribution in [0.15, 0.2) is 65.8 Å². The van der Waals surface area contributed by atoms with Gasteiger partial charge in [-0.3, -0.25) is 9.63 Å². The fourth-order valence-corrected chi connectivity index (χ4v) is 3.39. The zero-order valence-electron chi connectivity index (χ0n) is 15.6. The zero-order chi connectivity index (χ0) is 21.0. The summed E-state index contributed by atoms with van der Waals surface area (Å²) in [5.41, 5.74) is 1.27. The fraction of sp³-hybridized carbons (Fsp3) is 0.105. The molecule has 150 valence electrons. The van der Waals surface area contributed by atoms with Gasteiger partial charge in [0.15, 0.2) is 5.82 Å². The summed E-state index contributed by atoms with van der Waals surface area (Å²) in [6.45, 7) is 0. The molecule has 0 unspecified atom stereocenters. The Kier molecular flexibility index (Phi) is 5.87. The van der Waals surface area contributed by atoms with Gasteiger partial charge in [0.1, 0.15) is 5.75 Å². The lowest BCUT2D eigenvalue weighted by Gasteiger charge is -2.14. The molecule has 0 radical (unpaired) electrons. The number of nitrogens with zero attached hydrogens (tertiary/aromatic N) is 3. The molecule has 1 amide bonds. The average molecular weight is 414 g/mol. The van der Waals surface area contributed by atoms with Crippen LogP contribution in [0.25, 0.3) is 11.4 Å². The Morgan fingerprint density at radius 2 is 1.76 bits per heavy atom. The first kappa shape index (κ1) is 20.4. The number of carbonyl (C=O) groups is 1. The lowest BCUT2D eigenvalue weighted by molar-refractivity contribution is -0.0258. The van der Waals surface area contributed by atoms with E-state index in [0.717, 1.165) is 4.47 Å². The lowest BCUT2D eigenvalue weighted by atomic mass is 10.2. The number of amides is 1. The first-order valence-electron chi connectivity index (χ1n) is 8.37. The summed E-state index contributed by atoms with van der Waals surface area (Å²) in [4.78, 5) is 25.4. The van der Waals surface area contributed by atoms with E-state index in [0.29, 0.717) is 17.1 Å². The Morgan fingerprint density at radius 1 is 1.10 bits per heavy atom. The number of phenols is 1. The number of hydrogen-bond donors (Lipinski definition) is 2. The van der Waals surface area contributed by atoms with Crippen LogP contribution in [0.1, 0.15) is 10.4 Å². The second kappa shape index (κ2) is 8.35. The first-order chi connectivity index (χ1) is 13.8. The van der Waals surface area contributed by atoms with Gasteiger partial charge in [-0.1, -0.05) is 16.6 Å². The standard InChI is InChI=1S/C19H18N4O5S/c1-23(28-2)29(26,27)17-8-6-13(7-9-17)19(25)22-15-11-20-18(21-12-15)14-4-3-5-16(24)10-14/h3-12,24H,1-2H3,(H,22,25). The summed E-state index contributed by atoms with van der Waals surface area (Å²) in [5, 5.41) is 12.2. The molecule has 2 aromatic carbocycles. The van der Waals surface area contributed by atoms with E-state index in [9.17, 15) is 18.3 Å². The number of anilines is 1. The van der Waals surface area contributed by atoms with Gasteiger partial charge in [-0.2, -0.15) is 0 Å². The summed E-state index contributed by atoms with van der Waals surface area (Å²) in [6, 6.07) is 11.9. The molecular weight excluding hydrogens is 396 g/mol. The second-order valence-corrected chi connectivity index (χ2v) is 7.86. The molecule has 10 heteroatoms. The van der Waals surface area contributed by atoms with E-state index >= 15 is 0 Å². The number of hydrogen-bond acceptors (Lipinski definition) is 7. The molecular formula is C19H18N4O5S. The van der Waals surface area contributed by atoms with Gasteiger partial charge in [-0.05, 0) is 36.4 Å². The molecule has 29 heavy (non-hydrogen) atoms. The summed E-state index contributed by atoms with van der Waals surface area (Å²) in [7, 11) is -1.27. The van der Waals surface area contributed by atoms with Gasteiger partial charge in [-0.15, -0.1) is 0 Å². The topological polar surface area (TPSA) is 122 Å². The van der Waals surface area contributed by atoms with Gasteiger partial charge >= 0.3 is 0 Å². The minimum Gasteiger partial charge on any atom is -0.508 e. The molecule has 0 bridgehead atoms. The van der Waals surface area contributed by atoms with Gasteiger partial charge in [0.05, 0.1) is 30.1 Å². The highest BCUT2D eigenvalue weighted by Crippen LogP contribution is 2.20. The second-order valence-electron chi connectivity index (χ2n) is 5.92. The third-order valence-corrected chi connectivity index (χ3v) is 5.72. The quantitative estimate of drug-likeness (QED) is 0.594. The predicted molar refractivity (Wildman–Crippen MR) is 105 cm³/mol. The van der Waals surface area contributed by atoms with Gasteiger partial charge in [0.2, 0.25) is 0 Å². The molecule has 0 atom stereocenters. The number of hydroxylamine groups is 1. The van der Waals surface area contributed by atoms with E-state index in [4.69, 9.17) is 4.84 Å². The van der Waals surface area contributed by atoms with Gasteiger partial charge < -0.3 is 10.4 Å². The largest absolute Gasteiger partial charge is 0.508 e. The molecule has 0 aliphatic rings. The van der Waals surface area contributed by atoms with Crippen LogP contribution in [0.4, 0.5) is 5.69 Å². The van der Waals surface area contributed by atoms with E-state index in [-0.39, 0.29) is 16.2 Å². The molecule has 2 N–H and O–H groups in total. The zero-order valence-corrected chi connectivity index (χ0v) is 16.4. The number of phenolic OH excluding ortho intramolecular Hbond substituents is 1. The number of benzene rings is 2. The van der Waals surface area contributed by atoms with Crippen LogP contribution < -0.4 is 5.32 Å². The summed E-state index contributed by atoms with van der Waals surface area (Å²) in [6.07, 6.45) is 2.88. The van der Waals surface area contributed by atoms with E-state index in [1.165, 1.54) is 56.9 Å². The number of nitrogens with one attached hydrogen (secondary N) is 1. The molecule has 9 nitrogen and oxygen atoms in total. The van der Waals surface area contributed by atoms with Crippen LogP contribution >= 0.6 is 0 Å². The van der Waals surface area contributed by atoms with E-state index < -0.39 is 15.9 Å². The average Bonchev–Trinajstić information content (AvgIpc) is 2.73. The number of aromatic hydroxyl groups is 1. The van der Waals surface area contributed by atoms with Crippen LogP contribution in [0.2, 0.25) is 0 Å². The molecule has 1 aromatic heterocycles. The molecule has 0 spiro atoms. The van der Waals surface area contributed by atoms with Crippen molar-refractivity contribution in [2.75, 3.05) is 19.5 Å². The highest BCUT2D eigenvalue weighted by molar-refractivity contribution is 7.89. The van der Waals surface area contributed by atoms with Crippen LogP contribution in [-0.2, 0) is 14.9 Å². The minimum absolute atomic E-state index is 0.00259. The van der Waals surface area contributed by atoms with Crippen molar-refractivity contribution >= 4 is 21.6 Å². The molecule has 0 aliphatic carbocycles. The molecule has 0 saturated carbocycles. The van der Waals surface area contributed by atoms with Crippen LogP contribution in [0.3, 0.4) is 0 Å². The normalized spacial score (nSPS) is 11.4. The van der Waals surface area contributed by atoms with E-state index in [1.807, 2.05) is 0 Å². The van der Waals surface area contributed by atoms with Crippen molar-refractivity contribution in [2.45, 2.75) is 4.90 Å². The van der Waals surface area contributed by atoms with Crippen molar-refractivity contribution in [1.82, 2.24) is 14.4 Å². The Labute approximate surface area is 167 Å². The van der Waals surface area contributed by atoms with Crippen molar-refractivity contribution < 1.29 is 23.2 Å². The molecule has 0 fully saturated rings. The van der Waals surface area contributed by atoms with Crippen molar-refractivity contribution in [3.63, 3.8) is 0 Å². The van der Waals surface area contributed by atoms with E-state index in [2.05, 4.69) is 15.3 Å². The summed E-state index contributed by atoms with van der Waals surface area (Å²) >= 11 is 0. The van der Waals surface area contributed by atoms with Crippen molar-refractivity contribution in [1.29, 1.82) is 0 Å². The van der Waals surface area contributed by atoms with Crippen LogP contribution in [0, 0.1) is 0 Å². The van der Waals surface area contributed by atoms with Crippen molar-refractivity contribution in [3.8, 4) is 17.1 Å². The number of aromatic nitrogens is 2. The van der Waals surface area contributed by atoms with Gasteiger partial charge in [-0.25, -0.2) is 18.4 Å². The van der Waals surface area contributed by atoms with Crippen LogP contribution in [0.5, 0.6) is 5.75 Å². The lowest BCUT2D eigenvalue weighted by Crippen LogP contribution is -2.25. The smallest absolute Gasteiger partial charge is 0.264 e. The Morgan fingerprint density at radius 3 is 2.34 bits per heavy atom. The maximum Gasteiger partial charge on any atom is 0.264 e. The first-order valence-corrected chi connectivity index (χ1v) is 9.81. The van der Waals surface area contributed by atoms with Crippen molar-refractivity contribution in [2.24, 2.45) is 0 Å². The fourth-order valence-electron chi connectivity index (χ4n) is 2.41. The Balaban J connectivity index is 1.72. The summed E-state index contributed by atoms with van der Waals surface area (Å²) < 4.78 is 25.1. The summed E-state index contributed by atoms with van der Waals surface area (Å²) in [5.74, 6) is 0.0594. The Hall–Kier alpha value is -3.34. The highest BCUT2D eigenvalue weighted by atomic mass is 32.2. The van der Waals surface area contributed by atoms with E-state index in [1.54, 1.807) is 18.2 Å². The Bertz CT molecular complexity index is 1120.